The number of nitrogens with one attached hydrogen (secondary N) is 1. The minimum Gasteiger partial charge on any atom is -0.382 e. The van der Waals surface area contributed by atoms with Crippen LogP contribution in [0.15, 0.2) is 18.3 Å². The van der Waals surface area contributed by atoms with E-state index in [0.29, 0.717) is 18.0 Å². The van der Waals surface area contributed by atoms with E-state index in [2.05, 4.69) is 24.1 Å². The highest BCUT2D eigenvalue weighted by molar-refractivity contribution is 5.61. The molecule has 2 atom stereocenters. The molecule has 1 fully saturated rings. The molecule has 88 valence electrons. The van der Waals surface area contributed by atoms with E-state index in [1.54, 1.807) is 13.3 Å². The van der Waals surface area contributed by atoms with Gasteiger partial charge in [-0.3, -0.25) is 0 Å². The molecule has 0 saturated heterocycles. The van der Waals surface area contributed by atoms with Gasteiger partial charge in [-0.05, 0) is 18.6 Å². The molecule has 1 saturated carbocycles. The first-order chi connectivity index (χ1) is 7.55. The summed E-state index contributed by atoms with van der Waals surface area (Å²) in [6, 6.07) is 4.24. The maximum absolute atomic E-state index is 5.80. The minimum absolute atomic E-state index is 0.136. The topological polar surface area (TPSA) is 60.2 Å². The Balaban J connectivity index is 2.05. The number of methoxy groups -OCH3 is 1. The van der Waals surface area contributed by atoms with Gasteiger partial charge in [0.15, 0.2) is 0 Å². The van der Waals surface area contributed by atoms with Crippen LogP contribution >= 0.6 is 0 Å². The van der Waals surface area contributed by atoms with Gasteiger partial charge in [-0.1, -0.05) is 13.8 Å². The lowest BCUT2D eigenvalue weighted by Crippen LogP contribution is -2.57. The Morgan fingerprint density at radius 3 is 2.88 bits per heavy atom. The van der Waals surface area contributed by atoms with Gasteiger partial charge in [0.05, 0.1) is 11.8 Å². The number of anilines is 2. The number of rotatable bonds is 3. The molecule has 2 rings (SSSR count). The predicted molar refractivity (Wildman–Crippen MR) is 65.3 cm³/mol. The van der Waals surface area contributed by atoms with Crippen LogP contribution in [-0.4, -0.2) is 24.2 Å². The molecule has 0 aliphatic heterocycles. The fourth-order valence-electron chi connectivity index (χ4n) is 2.26. The number of nitrogen functional groups attached to an aromatic ring is 1. The molecule has 1 aliphatic carbocycles. The van der Waals surface area contributed by atoms with Crippen molar-refractivity contribution in [2.75, 3.05) is 18.2 Å². The van der Waals surface area contributed by atoms with Gasteiger partial charge >= 0.3 is 0 Å². The summed E-state index contributed by atoms with van der Waals surface area (Å²) in [4.78, 5) is 4.06. The van der Waals surface area contributed by atoms with Crippen LogP contribution in [-0.2, 0) is 4.74 Å². The van der Waals surface area contributed by atoms with Crippen LogP contribution in [0.2, 0.25) is 0 Å². The molecular weight excluding hydrogens is 202 g/mol. The Bertz CT molecular complexity index is 378. The van der Waals surface area contributed by atoms with E-state index in [9.17, 15) is 0 Å². The third-order valence-electron chi connectivity index (χ3n) is 3.63. The van der Waals surface area contributed by atoms with Crippen LogP contribution in [0.25, 0.3) is 0 Å². The van der Waals surface area contributed by atoms with E-state index in [1.807, 2.05) is 12.1 Å². The van der Waals surface area contributed by atoms with Crippen molar-refractivity contribution in [1.29, 1.82) is 0 Å². The van der Waals surface area contributed by atoms with Gasteiger partial charge in [0.1, 0.15) is 5.82 Å². The third kappa shape index (κ3) is 1.73. The van der Waals surface area contributed by atoms with Crippen molar-refractivity contribution in [3.63, 3.8) is 0 Å². The van der Waals surface area contributed by atoms with Crippen molar-refractivity contribution in [3.05, 3.63) is 18.3 Å². The van der Waals surface area contributed by atoms with Gasteiger partial charge in [0.25, 0.3) is 0 Å². The number of hydrogen-bond donors (Lipinski definition) is 2. The zero-order chi connectivity index (χ0) is 11.8. The normalized spacial score (nSPS) is 27.2. The zero-order valence-corrected chi connectivity index (χ0v) is 10.0. The molecule has 0 bridgehead atoms. The molecule has 16 heavy (non-hydrogen) atoms. The summed E-state index contributed by atoms with van der Waals surface area (Å²) >= 11 is 0. The lowest BCUT2D eigenvalue weighted by molar-refractivity contribution is -0.0794. The number of ether oxygens (including phenoxy) is 1. The molecule has 4 heteroatoms. The number of hydrogen-bond acceptors (Lipinski definition) is 4. The van der Waals surface area contributed by atoms with Crippen LogP contribution < -0.4 is 11.1 Å². The smallest absolute Gasteiger partial charge is 0.146 e. The predicted octanol–water partition coefficient (Wildman–Crippen LogP) is 1.89. The van der Waals surface area contributed by atoms with Crippen molar-refractivity contribution >= 4 is 11.5 Å². The van der Waals surface area contributed by atoms with Crippen molar-refractivity contribution in [3.8, 4) is 0 Å². The monoisotopic (exact) mass is 221 g/mol. The summed E-state index contributed by atoms with van der Waals surface area (Å²) in [5.41, 5.74) is 6.85. The second kappa shape index (κ2) is 3.94. The molecule has 0 aromatic carbocycles. The van der Waals surface area contributed by atoms with Gasteiger partial charge in [0.2, 0.25) is 0 Å². The fourth-order valence-corrected chi connectivity index (χ4v) is 2.26. The van der Waals surface area contributed by atoms with Crippen molar-refractivity contribution in [2.24, 2.45) is 5.41 Å². The van der Waals surface area contributed by atoms with Crippen LogP contribution in [0.4, 0.5) is 11.5 Å². The summed E-state index contributed by atoms with van der Waals surface area (Å²) in [7, 11) is 1.76. The quantitative estimate of drug-likeness (QED) is 0.818. The molecule has 1 aromatic rings. The summed E-state index contributed by atoms with van der Waals surface area (Å²) in [5, 5.41) is 3.43. The first-order valence-electron chi connectivity index (χ1n) is 5.55. The Morgan fingerprint density at radius 2 is 2.31 bits per heavy atom. The second-order valence-corrected chi connectivity index (χ2v) is 4.91. The third-order valence-corrected chi connectivity index (χ3v) is 3.63. The van der Waals surface area contributed by atoms with Crippen LogP contribution in [0, 0.1) is 5.41 Å². The van der Waals surface area contributed by atoms with Gasteiger partial charge in [-0.25, -0.2) is 4.98 Å². The molecule has 1 aromatic heterocycles. The average Bonchev–Trinajstić information content (AvgIpc) is 2.26. The maximum Gasteiger partial charge on any atom is 0.146 e. The van der Waals surface area contributed by atoms with Crippen LogP contribution in [0.3, 0.4) is 0 Å². The first kappa shape index (κ1) is 11.2. The molecule has 0 amide bonds. The van der Waals surface area contributed by atoms with Gasteiger partial charge in [0, 0.05) is 24.8 Å². The van der Waals surface area contributed by atoms with E-state index < -0.39 is 0 Å². The molecule has 2 unspecified atom stereocenters. The molecule has 0 radical (unpaired) electrons. The Kier molecular flexibility index (Phi) is 2.76. The number of nitrogens with zero attached hydrogens (tertiary/aromatic N) is 1. The highest BCUT2D eigenvalue weighted by Gasteiger charge is 2.48. The van der Waals surface area contributed by atoms with Crippen LogP contribution in [0.1, 0.15) is 20.3 Å². The first-order valence-corrected chi connectivity index (χ1v) is 5.55. The maximum atomic E-state index is 5.80. The number of pyridine rings is 1. The van der Waals surface area contributed by atoms with E-state index >= 15 is 0 Å². The SMILES string of the molecule is COC1CC(Nc2cccnc2N)C1(C)C. The summed E-state index contributed by atoms with van der Waals surface area (Å²) < 4.78 is 5.41. The highest BCUT2D eigenvalue weighted by Crippen LogP contribution is 2.44. The van der Waals surface area contributed by atoms with E-state index in [0.717, 1.165) is 12.1 Å². The minimum atomic E-state index is 0.136. The summed E-state index contributed by atoms with van der Waals surface area (Å²) in [5.74, 6) is 0.555. The van der Waals surface area contributed by atoms with E-state index in [-0.39, 0.29) is 5.41 Å². The lowest BCUT2D eigenvalue weighted by atomic mass is 9.64. The van der Waals surface area contributed by atoms with Crippen molar-refractivity contribution in [2.45, 2.75) is 32.4 Å². The molecule has 4 nitrogen and oxygen atoms in total. The molecular formula is C12H19N3O. The molecule has 0 spiro atoms. The second-order valence-electron chi connectivity index (χ2n) is 4.91. The molecule has 3 N–H and O–H groups in total. The highest BCUT2D eigenvalue weighted by atomic mass is 16.5. The van der Waals surface area contributed by atoms with Crippen molar-refractivity contribution < 1.29 is 4.74 Å². The molecule has 1 heterocycles. The summed E-state index contributed by atoms with van der Waals surface area (Å²) in [6.07, 6.45) is 3.03. The lowest BCUT2D eigenvalue weighted by Gasteiger charge is -2.51. The van der Waals surface area contributed by atoms with E-state index in [4.69, 9.17) is 10.5 Å². The Morgan fingerprint density at radius 1 is 1.56 bits per heavy atom. The fraction of sp³-hybridized carbons (Fsp3) is 0.583. The van der Waals surface area contributed by atoms with Gasteiger partial charge in [-0.2, -0.15) is 0 Å². The number of aromatic nitrogens is 1. The largest absolute Gasteiger partial charge is 0.382 e. The van der Waals surface area contributed by atoms with Crippen LogP contribution in [0.5, 0.6) is 0 Å². The number of nitrogens with two attached hydrogens (primary N) is 1. The van der Waals surface area contributed by atoms with Gasteiger partial charge in [-0.15, -0.1) is 0 Å². The Hall–Kier alpha value is -1.29. The van der Waals surface area contributed by atoms with E-state index in [1.165, 1.54) is 0 Å². The standard InChI is InChI=1S/C12H19N3O/c1-12(2)9(7-10(12)16-3)15-8-5-4-6-14-11(8)13/h4-6,9-10,15H,7H2,1-3H3,(H2,13,14). The van der Waals surface area contributed by atoms with Gasteiger partial charge < -0.3 is 15.8 Å². The summed E-state index contributed by atoms with van der Waals surface area (Å²) in [6.45, 7) is 4.41. The molecule has 1 aliphatic rings. The zero-order valence-electron chi connectivity index (χ0n) is 10.0. The van der Waals surface area contributed by atoms with Crippen molar-refractivity contribution in [1.82, 2.24) is 4.98 Å². The average molecular weight is 221 g/mol. The Labute approximate surface area is 96.2 Å².